The molecule has 0 aromatic carbocycles. The molecule has 0 atom stereocenters. The molecular formula is C11H16FN3O2S. The number of rotatable bonds is 3. The Labute approximate surface area is 106 Å². The van der Waals surface area contributed by atoms with Crippen LogP contribution in [0.4, 0.5) is 10.2 Å². The molecule has 5 nitrogen and oxygen atoms in total. The van der Waals surface area contributed by atoms with Gasteiger partial charge in [-0.15, -0.1) is 0 Å². The first-order valence-electron chi connectivity index (χ1n) is 5.98. The Balaban J connectivity index is 2.07. The molecule has 1 aromatic heterocycles. The minimum absolute atomic E-state index is 0.0392. The van der Waals surface area contributed by atoms with Gasteiger partial charge in [-0.05, 0) is 19.3 Å². The van der Waals surface area contributed by atoms with Crippen LogP contribution in [0.1, 0.15) is 25.5 Å². The van der Waals surface area contributed by atoms with Crippen molar-refractivity contribution in [3.63, 3.8) is 0 Å². The number of aromatic nitrogens is 2. The second-order valence-corrected chi connectivity index (χ2v) is 6.71. The van der Waals surface area contributed by atoms with Gasteiger partial charge in [0.15, 0.2) is 11.6 Å². The van der Waals surface area contributed by atoms with E-state index in [1.165, 1.54) is 6.33 Å². The van der Waals surface area contributed by atoms with Crippen LogP contribution in [0.25, 0.3) is 0 Å². The third kappa shape index (κ3) is 2.95. The lowest BCUT2D eigenvalue weighted by Gasteiger charge is -2.23. The number of halogens is 1. The summed E-state index contributed by atoms with van der Waals surface area (Å²) in [5.41, 5.74) is 0.371. The highest BCUT2D eigenvalue weighted by Gasteiger charge is 2.24. The van der Waals surface area contributed by atoms with Crippen molar-refractivity contribution in [2.24, 2.45) is 0 Å². The third-order valence-electron chi connectivity index (χ3n) is 3.09. The number of nitrogens with one attached hydrogen (secondary N) is 1. The molecule has 2 heterocycles. The fourth-order valence-corrected chi connectivity index (χ4v) is 3.47. The van der Waals surface area contributed by atoms with Gasteiger partial charge >= 0.3 is 0 Å². The number of sulfone groups is 1. The zero-order chi connectivity index (χ0) is 13.2. The Hall–Kier alpha value is -1.24. The molecule has 1 aliphatic rings. The maximum atomic E-state index is 13.9. The molecule has 0 amide bonds. The van der Waals surface area contributed by atoms with Gasteiger partial charge in [0.05, 0.1) is 17.2 Å². The van der Waals surface area contributed by atoms with Crippen LogP contribution in [0.2, 0.25) is 0 Å². The van der Waals surface area contributed by atoms with E-state index in [2.05, 4.69) is 15.3 Å². The molecule has 0 unspecified atom stereocenters. The van der Waals surface area contributed by atoms with Gasteiger partial charge in [0.1, 0.15) is 16.2 Å². The minimum atomic E-state index is -2.90. The SMILES string of the molecule is CCc1ncnc(NC2CCS(=O)(=O)CC2)c1F. The molecule has 0 saturated carbocycles. The van der Waals surface area contributed by atoms with Gasteiger partial charge < -0.3 is 5.32 Å². The van der Waals surface area contributed by atoms with Crippen LogP contribution in [0.5, 0.6) is 0 Å². The summed E-state index contributed by atoms with van der Waals surface area (Å²) in [5, 5.41) is 2.97. The number of nitrogens with zero attached hydrogens (tertiary/aromatic N) is 2. The Morgan fingerprint density at radius 1 is 1.39 bits per heavy atom. The number of aryl methyl sites for hydroxylation is 1. The van der Waals surface area contributed by atoms with E-state index in [-0.39, 0.29) is 23.4 Å². The van der Waals surface area contributed by atoms with Gasteiger partial charge in [-0.1, -0.05) is 6.92 Å². The van der Waals surface area contributed by atoms with Crippen LogP contribution in [-0.2, 0) is 16.3 Å². The van der Waals surface area contributed by atoms with Crippen molar-refractivity contribution in [2.45, 2.75) is 32.2 Å². The van der Waals surface area contributed by atoms with Crippen molar-refractivity contribution in [2.75, 3.05) is 16.8 Å². The van der Waals surface area contributed by atoms with E-state index in [4.69, 9.17) is 0 Å². The topological polar surface area (TPSA) is 72.0 Å². The van der Waals surface area contributed by atoms with Crippen LogP contribution in [0, 0.1) is 5.82 Å². The first-order chi connectivity index (χ1) is 8.52. The predicted octanol–water partition coefficient (Wildman–Crippen LogP) is 1.17. The lowest BCUT2D eigenvalue weighted by atomic mass is 10.1. The highest BCUT2D eigenvalue weighted by atomic mass is 32.2. The summed E-state index contributed by atoms with van der Waals surface area (Å²) in [4.78, 5) is 7.72. The molecule has 0 radical (unpaired) electrons. The Bertz CT molecular complexity index is 519. The van der Waals surface area contributed by atoms with E-state index in [0.717, 1.165) is 0 Å². The molecule has 7 heteroatoms. The van der Waals surface area contributed by atoms with Gasteiger partial charge in [-0.3, -0.25) is 0 Å². The van der Waals surface area contributed by atoms with Crippen molar-refractivity contribution in [3.05, 3.63) is 17.8 Å². The predicted molar refractivity (Wildman–Crippen MR) is 66.7 cm³/mol. The molecule has 18 heavy (non-hydrogen) atoms. The highest BCUT2D eigenvalue weighted by molar-refractivity contribution is 7.91. The normalized spacial score (nSPS) is 19.7. The van der Waals surface area contributed by atoms with E-state index < -0.39 is 15.7 Å². The summed E-state index contributed by atoms with van der Waals surface area (Å²) in [6.07, 6.45) is 2.81. The van der Waals surface area contributed by atoms with Crippen molar-refractivity contribution >= 4 is 15.7 Å². The lowest BCUT2D eigenvalue weighted by molar-refractivity contribution is 0.552. The Morgan fingerprint density at radius 3 is 2.67 bits per heavy atom. The van der Waals surface area contributed by atoms with Crippen molar-refractivity contribution < 1.29 is 12.8 Å². The van der Waals surface area contributed by atoms with Crippen LogP contribution < -0.4 is 5.32 Å². The van der Waals surface area contributed by atoms with Gasteiger partial charge in [-0.2, -0.15) is 0 Å². The second kappa shape index (κ2) is 5.17. The van der Waals surface area contributed by atoms with Gasteiger partial charge in [-0.25, -0.2) is 22.8 Å². The van der Waals surface area contributed by atoms with Crippen molar-refractivity contribution in [1.82, 2.24) is 9.97 Å². The average Bonchev–Trinajstić information content (AvgIpc) is 2.34. The maximum Gasteiger partial charge on any atom is 0.186 e. The summed E-state index contributed by atoms with van der Waals surface area (Å²) in [6, 6.07) is -0.0392. The summed E-state index contributed by atoms with van der Waals surface area (Å²) in [7, 11) is -2.90. The molecule has 1 fully saturated rings. The third-order valence-corrected chi connectivity index (χ3v) is 4.81. The van der Waals surface area contributed by atoms with E-state index in [1.807, 2.05) is 6.92 Å². The van der Waals surface area contributed by atoms with Crippen molar-refractivity contribution in [1.29, 1.82) is 0 Å². The van der Waals surface area contributed by atoms with Crippen molar-refractivity contribution in [3.8, 4) is 0 Å². The number of anilines is 1. The van der Waals surface area contributed by atoms with Gasteiger partial charge in [0, 0.05) is 6.04 Å². The number of hydrogen-bond acceptors (Lipinski definition) is 5. The molecule has 1 N–H and O–H groups in total. The fourth-order valence-electron chi connectivity index (χ4n) is 1.98. The zero-order valence-corrected chi connectivity index (χ0v) is 11.0. The Kier molecular flexibility index (Phi) is 3.79. The monoisotopic (exact) mass is 273 g/mol. The smallest absolute Gasteiger partial charge is 0.186 e. The first-order valence-corrected chi connectivity index (χ1v) is 7.80. The zero-order valence-electron chi connectivity index (χ0n) is 10.2. The van der Waals surface area contributed by atoms with E-state index in [0.29, 0.717) is 25.0 Å². The van der Waals surface area contributed by atoms with Gasteiger partial charge in [0.25, 0.3) is 0 Å². The first kappa shape index (κ1) is 13.2. The maximum absolute atomic E-state index is 13.9. The Morgan fingerprint density at radius 2 is 2.06 bits per heavy atom. The van der Waals surface area contributed by atoms with Crippen LogP contribution in [0.3, 0.4) is 0 Å². The molecule has 0 aliphatic carbocycles. The van der Waals surface area contributed by atoms with Crippen LogP contribution in [-0.4, -0.2) is 35.9 Å². The largest absolute Gasteiger partial charge is 0.365 e. The van der Waals surface area contributed by atoms with Gasteiger partial charge in [0.2, 0.25) is 0 Å². The fraction of sp³-hybridized carbons (Fsp3) is 0.636. The molecule has 2 rings (SSSR count). The lowest BCUT2D eigenvalue weighted by Crippen LogP contribution is -2.32. The molecule has 100 valence electrons. The highest BCUT2D eigenvalue weighted by Crippen LogP contribution is 2.19. The average molecular weight is 273 g/mol. The summed E-state index contributed by atoms with van der Waals surface area (Å²) >= 11 is 0. The number of hydrogen-bond donors (Lipinski definition) is 1. The summed E-state index contributed by atoms with van der Waals surface area (Å²) in [6.45, 7) is 1.82. The molecule has 0 bridgehead atoms. The molecule has 1 aromatic rings. The molecule has 1 aliphatic heterocycles. The second-order valence-electron chi connectivity index (χ2n) is 4.41. The van der Waals surface area contributed by atoms with Crippen LogP contribution >= 0.6 is 0 Å². The van der Waals surface area contributed by atoms with E-state index in [1.54, 1.807) is 0 Å². The van der Waals surface area contributed by atoms with E-state index >= 15 is 0 Å². The molecule has 1 saturated heterocycles. The van der Waals surface area contributed by atoms with Crippen LogP contribution in [0.15, 0.2) is 6.33 Å². The molecular weight excluding hydrogens is 257 g/mol. The summed E-state index contributed by atoms with van der Waals surface area (Å²) < 4.78 is 36.5. The van der Waals surface area contributed by atoms with E-state index in [9.17, 15) is 12.8 Å². The summed E-state index contributed by atoms with van der Waals surface area (Å²) in [5.74, 6) is 0.0373. The minimum Gasteiger partial charge on any atom is -0.365 e. The quantitative estimate of drug-likeness (QED) is 0.895. The molecule has 0 spiro atoms. The standard InChI is InChI=1S/C11H16FN3O2S/c1-2-9-10(12)11(14-7-13-9)15-8-3-5-18(16,17)6-4-8/h7-8H,2-6H2,1H3,(H,13,14,15).